The number of hydrogen-bond acceptors (Lipinski definition) is 6. The lowest BCUT2D eigenvalue weighted by atomic mass is 9.49. The summed E-state index contributed by atoms with van der Waals surface area (Å²) in [5, 5.41) is 13.1. The van der Waals surface area contributed by atoms with E-state index < -0.39 is 58.2 Å². The van der Waals surface area contributed by atoms with Gasteiger partial charge in [-0.15, -0.1) is 0 Å². The molecule has 6 unspecified atom stereocenters. The van der Waals surface area contributed by atoms with Crippen LogP contribution in [0.5, 0.6) is 5.75 Å². The van der Waals surface area contributed by atoms with Crippen molar-refractivity contribution >= 4 is 52.5 Å². The number of hydrazine groups is 1. The van der Waals surface area contributed by atoms with E-state index in [9.17, 15) is 23.9 Å². The highest BCUT2D eigenvalue weighted by Gasteiger charge is 2.71. The minimum Gasteiger partial charge on any atom is -0.508 e. The molecule has 2 aliphatic carbocycles. The Bertz CT molecular complexity index is 1870. The molecule has 0 bridgehead atoms. The van der Waals surface area contributed by atoms with Crippen LogP contribution >= 0.6 is 23.2 Å². The Morgan fingerprint density at radius 2 is 1.53 bits per heavy atom. The van der Waals surface area contributed by atoms with Crippen molar-refractivity contribution in [3.8, 4) is 5.75 Å². The monoisotopic (exact) mass is 675 g/mol. The lowest BCUT2D eigenvalue weighted by Gasteiger charge is -2.50. The highest BCUT2D eigenvalue weighted by molar-refractivity contribution is 6.31. The Morgan fingerprint density at radius 3 is 2.19 bits per heavy atom. The molecule has 0 spiro atoms. The van der Waals surface area contributed by atoms with E-state index in [0.717, 1.165) is 5.01 Å². The zero-order valence-electron chi connectivity index (χ0n) is 25.8. The topological polar surface area (TPSA) is 107 Å². The fourth-order valence-corrected chi connectivity index (χ4v) is 8.72. The van der Waals surface area contributed by atoms with E-state index in [4.69, 9.17) is 23.2 Å². The molecule has 0 radical (unpaired) electrons. The first-order valence-electron chi connectivity index (χ1n) is 15.5. The summed E-state index contributed by atoms with van der Waals surface area (Å²) in [6.07, 6.45) is 2.26. The van der Waals surface area contributed by atoms with Crippen molar-refractivity contribution in [2.45, 2.75) is 50.5 Å². The van der Waals surface area contributed by atoms with Gasteiger partial charge in [0.1, 0.15) is 11.6 Å². The minimum atomic E-state index is -1.61. The van der Waals surface area contributed by atoms with Crippen molar-refractivity contribution in [3.63, 3.8) is 0 Å². The van der Waals surface area contributed by atoms with Crippen LogP contribution in [0, 0.1) is 29.5 Å². The van der Waals surface area contributed by atoms with Crippen LogP contribution in [0.1, 0.15) is 50.7 Å². The van der Waals surface area contributed by atoms with Crippen molar-refractivity contribution in [1.82, 2.24) is 9.91 Å². The van der Waals surface area contributed by atoms with Crippen molar-refractivity contribution in [1.29, 1.82) is 0 Å². The molecule has 6 atom stereocenters. The van der Waals surface area contributed by atoms with Gasteiger partial charge in [0, 0.05) is 27.1 Å². The number of amides is 4. The second kappa shape index (κ2) is 10.9. The molecule has 2 heterocycles. The van der Waals surface area contributed by atoms with Gasteiger partial charge in [0.15, 0.2) is 0 Å². The van der Waals surface area contributed by atoms with Crippen molar-refractivity contribution < 1.29 is 28.7 Å². The van der Waals surface area contributed by atoms with Gasteiger partial charge in [0.2, 0.25) is 11.8 Å². The molecule has 8 nitrogen and oxygen atoms in total. The fourth-order valence-electron chi connectivity index (χ4n) is 8.42. The van der Waals surface area contributed by atoms with Crippen molar-refractivity contribution in [3.05, 3.63) is 105 Å². The summed E-state index contributed by atoms with van der Waals surface area (Å²) >= 11 is 12.8. The molecule has 0 aromatic heterocycles. The zero-order chi connectivity index (χ0) is 33.6. The molecular formula is C36H32Cl2FN3O5. The molecule has 4 aliphatic rings. The number of halogens is 3. The fraction of sp³-hybridized carbons (Fsp3) is 0.333. The summed E-state index contributed by atoms with van der Waals surface area (Å²) in [6, 6.07) is 16.5. The third kappa shape index (κ3) is 4.61. The number of fused-ring (bicyclic) bond motifs is 4. The molecule has 1 saturated carbocycles. The van der Waals surface area contributed by atoms with E-state index in [1.54, 1.807) is 30.3 Å². The third-order valence-electron chi connectivity index (χ3n) is 10.2. The average Bonchev–Trinajstić information content (AvgIpc) is 3.41. The number of carbonyl (C=O) groups excluding carboxylic acids is 4. The van der Waals surface area contributed by atoms with E-state index in [2.05, 4.69) is 5.43 Å². The smallest absolute Gasteiger partial charge is 0.260 e. The molecule has 2 N–H and O–H groups in total. The lowest BCUT2D eigenvalue weighted by Crippen LogP contribution is -2.53. The molecular weight excluding hydrogens is 644 g/mol. The Hall–Kier alpha value is -4.21. The summed E-state index contributed by atoms with van der Waals surface area (Å²) in [4.78, 5) is 58.9. The van der Waals surface area contributed by atoms with Crippen LogP contribution in [0.15, 0.2) is 78.4 Å². The Balaban J connectivity index is 1.47. The molecule has 3 aromatic rings. The Morgan fingerprint density at radius 1 is 0.872 bits per heavy atom. The number of aromatic hydroxyl groups is 1. The molecule has 2 saturated heterocycles. The number of nitrogens with zero attached hydrogens (tertiary/aromatic N) is 2. The number of rotatable bonds is 4. The normalized spacial score (nSPS) is 28.6. The first kappa shape index (κ1) is 31.4. The van der Waals surface area contributed by atoms with Gasteiger partial charge in [-0.1, -0.05) is 47.0 Å². The van der Waals surface area contributed by atoms with Crippen molar-refractivity contribution in [2.24, 2.45) is 23.7 Å². The van der Waals surface area contributed by atoms with E-state index in [-0.39, 0.29) is 30.4 Å². The SMILES string of the molecule is CC(C)(C)N1C(=O)C2CC=C3C(CC4C(=O)N(Nc5ccc(F)cc5)C(=O)C4(c4ccc(Cl)cc4)C3c3cc(Cl)ccc3O)C2C1=O. The third-order valence-corrected chi connectivity index (χ3v) is 10.7. The van der Waals surface area contributed by atoms with Gasteiger partial charge in [-0.2, -0.15) is 5.01 Å². The van der Waals surface area contributed by atoms with Gasteiger partial charge in [0.25, 0.3) is 11.8 Å². The van der Waals surface area contributed by atoms with Crippen LogP contribution in [0.3, 0.4) is 0 Å². The number of nitrogens with one attached hydrogen (secondary N) is 1. The maximum absolute atomic E-state index is 15.1. The first-order chi connectivity index (χ1) is 22.2. The molecule has 7 rings (SSSR count). The molecule has 47 heavy (non-hydrogen) atoms. The number of allylic oxidation sites excluding steroid dienone is 2. The molecule has 3 fully saturated rings. The number of hydrogen-bond donors (Lipinski definition) is 2. The van der Waals surface area contributed by atoms with E-state index in [1.807, 2.05) is 26.8 Å². The summed E-state index contributed by atoms with van der Waals surface area (Å²) in [6.45, 7) is 5.43. The maximum atomic E-state index is 15.1. The number of benzene rings is 3. The molecule has 4 amide bonds. The second-order valence-electron chi connectivity index (χ2n) is 13.8. The second-order valence-corrected chi connectivity index (χ2v) is 14.6. The molecule has 2 aliphatic heterocycles. The minimum absolute atomic E-state index is 0.0939. The van der Waals surface area contributed by atoms with E-state index in [0.29, 0.717) is 32.4 Å². The number of carbonyl (C=O) groups is 4. The summed E-state index contributed by atoms with van der Waals surface area (Å²) in [5.41, 5.74) is 2.35. The van der Waals surface area contributed by atoms with Crippen LogP contribution < -0.4 is 5.43 Å². The van der Waals surface area contributed by atoms with Crippen LogP contribution in [-0.4, -0.2) is 44.2 Å². The standard InChI is InChI=1S/C36H32Cl2FN3O5/c1-35(2,3)41-31(44)24-14-13-23-25(29(24)33(41)46)17-27-32(45)42(40-22-11-9-21(39)10-12-22)34(47)36(27,18-4-6-19(37)7-5-18)30(23)26-16-20(38)8-15-28(26)43/h4-13,15-16,24-25,27,29-30,40,43H,14,17H2,1-3H3. The lowest BCUT2D eigenvalue weighted by molar-refractivity contribution is -0.146. The number of phenols is 1. The number of imide groups is 2. The maximum Gasteiger partial charge on any atom is 0.260 e. The van der Waals surface area contributed by atoms with Gasteiger partial charge in [0.05, 0.1) is 28.9 Å². The predicted molar refractivity (Wildman–Crippen MR) is 174 cm³/mol. The largest absolute Gasteiger partial charge is 0.508 e. The van der Waals surface area contributed by atoms with Gasteiger partial charge in [-0.3, -0.25) is 29.5 Å². The summed E-state index contributed by atoms with van der Waals surface area (Å²) in [5.74, 6) is -6.26. The molecule has 242 valence electrons. The summed E-state index contributed by atoms with van der Waals surface area (Å²) < 4.78 is 13.8. The van der Waals surface area contributed by atoms with Crippen molar-refractivity contribution in [2.75, 3.05) is 5.43 Å². The first-order valence-corrected chi connectivity index (χ1v) is 16.2. The van der Waals surface area contributed by atoms with E-state index in [1.165, 1.54) is 41.3 Å². The van der Waals surface area contributed by atoms with Gasteiger partial charge >= 0.3 is 0 Å². The highest BCUT2D eigenvalue weighted by atomic mass is 35.5. The quantitative estimate of drug-likeness (QED) is 0.238. The van der Waals surface area contributed by atoms with Crippen LogP contribution in [-0.2, 0) is 24.6 Å². The van der Waals surface area contributed by atoms with Gasteiger partial charge in [-0.05, 0) is 99.7 Å². The number of phenolic OH excluding ortho intramolecular Hbond substituents is 1. The van der Waals surface area contributed by atoms with Gasteiger partial charge in [-0.25, -0.2) is 4.39 Å². The molecule has 11 heteroatoms. The number of anilines is 1. The number of likely N-dealkylation sites (tertiary alicyclic amines) is 1. The van der Waals surface area contributed by atoms with Crippen LogP contribution in [0.25, 0.3) is 0 Å². The Labute approximate surface area is 281 Å². The van der Waals surface area contributed by atoms with Gasteiger partial charge < -0.3 is 5.11 Å². The van der Waals surface area contributed by atoms with Crippen LogP contribution in [0.4, 0.5) is 10.1 Å². The highest BCUT2D eigenvalue weighted by Crippen LogP contribution is 2.65. The average molecular weight is 677 g/mol. The predicted octanol–water partition coefficient (Wildman–Crippen LogP) is 6.62. The van der Waals surface area contributed by atoms with E-state index >= 15 is 4.79 Å². The summed E-state index contributed by atoms with van der Waals surface area (Å²) in [7, 11) is 0. The Kier molecular flexibility index (Phi) is 7.29. The molecule has 3 aromatic carbocycles. The van der Waals surface area contributed by atoms with Crippen LogP contribution in [0.2, 0.25) is 10.0 Å². The zero-order valence-corrected chi connectivity index (χ0v) is 27.3.